The van der Waals surface area contributed by atoms with E-state index in [4.69, 9.17) is 9.29 Å². The van der Waals surface area contributed by atoms with E-state index in [-0.39, 0.29) is 19.3 Å². The number of aliphatic hydroxyl groups is 1. The second kappa shape index (κ2) is 9.50. The van der Waals surface area contributed by atoms with Crippen molar-refractivity contribution < 1.29 is 67.5 Å². The summed E-state index contributed by atoms with van der Waals surface area (Å²) in [5.74, 6) is -4.53. The number of rotatable bonds is 8. The minimum Gasteiger partial charge on any atom is -0.459 e. The Bertz CT molecular complexity index is 870. The Morgan fingerprint density at radius 1 is 0.971 bits per heavy atom. The van der Waals surface area contributed by atoms with Crippen molar-refractivity contribution in [1.82, 2.24) is 0 Å². The van der Waals surface area contributed by atoms with Crippen LogP contribution in [0.1, 0.15) is 32.1 Å². The third kappa shape index (κ3) is 5.65. The molecule has 34 heavy (non-hydrogen) atoms. The van der Waals surface area contributed by atoms with E-state index in [0.717, 1.165) is 0 Å². The van der Waals surface area contributed by atoms with Gasteiger partial charge in [0.15, 0.2) is 0 Å². The molecular weight excluding hydrogens is 512 g/mol. The maximum Gasteiger partial charge on any atom is 0.426 e. The summed E-state index contributed by atoms with van der Waals surface area (Å²) in [4.78, 5) is 12.1. The van der Waals surface area contributed by atoms with Gasteiger partial charge in [0.25, 0.3) is 5.60 Å². The first-order valence-corrected chi connectivity index (χ1v) is 11.3. The molecule has 0 spiro atoms. The molecule has 0 bridgehead atoms. The van der Waals surface area contributed by atoms with Crippen LogP contribution in [0.5, 0.6) is 0 Å². The second-order valence-corrected chi connectivity index (χ2v) is 9.97. The predicted molar refractivity (Wildman–Crippen MR) is 96.9 cm³/mol. The standard InChI is InChI=1S/C18H22F8O7S/c1-9(7-32-8-15(19,20)34(29,30)31)14(27)33-13-5-2-10-6-11(3-4-12(10)13)16(28,17(21,22)23)18(24,25)26/h10-13,28H,1-8H2,(H,29,30,31). The lowest BCUT2D eigenvalue weighted by atomic mass is 9.68. The Morgan fingerprint density at radius 2 is 1.53 bits per heavy atom. The molecule has 0 radical (unpaired) electrons. The van der Waals surface area contributed by atoms with Crippen LogP contribution in [0.2, 0.25) is 0 Å². The van der Waals surface area contributed by atoms with Gasteiger partial charge in [-0.3, -0.25) is 4.55 Å². The molecule has 0 heterocycles. The van der Waals surface area contributed by atoms with Gasteiger partial charge < -0.3 is 14.6 Å². The number of hydrogen-bond acceptors (Lipinski definition) is 6. The van der Waals surface area contributed by atoms with Crippen molar-refractivity contribution in [3.8, 4) is 0 Å². The van der Waals surface area contributed by atoms with Crippen molar-refractivity contribution in [1.29, 1.82) is 0 Å². The molecule has 2 N–H and O–H groups in total. The van der Waals surface area contributed by atoms with Crippen molar-refractivity contribution >= 4 is 16.1 Å². The molecule has 0 aromatic rings. The van der Waals surface area contributed by atoms with Crippen LogP contribution in [-0.4, -0.2) is 66.6 Å². The first kappa shape index (κ1) is 28.7. The third-order valence-electron chi connectivity index (χ3n) is 6.27. The first-order chi connectivity index (χ1) is 15.2. The van der Waals surface area contributed by atoms with Crippen molar-refractivity contribution in [2.24, 2.45) is 17.8 Å². The molecule has 16 heteroatoms. The van der Waals surface area contributed by atoms with E-state index in [1.165, 1.54) is 0 Å². The normalized spacial score (nSPS) is 26.8. The third-order valence-corrected chi connectivity index (χ3v) is 7.14. The second-order valence-electron chi connectivity index (χ2n) is 8.43. The lowest BCUT2D eigenvalue weighted by Gasteiger charge is -2.43. The summed E-state index contributed by atoms with van der Waals surface area (Å²) in [7, 11) is -5.75. The van der Waals surface area contributed by atoms with Crippen LogP contribution in [0, 0.1) is 17.8 Å². The zero-order valence-electron chi connectivity index (χ0n) is 17.3. The molecule has 2 fully saturated rings. The molecule has 2 saturated carbocycles. The van der Waals surface area contributed by atoms with Gasteiger partial charge in [0.2, 0.25) is 0 Å². The monoisotopic (exact) mass is 534 g/mol. The topological polar surface area (TPSA) is 110 Å². The average molecular weight is 534 g/mol. The van der Waals surface area contributed by atoms with Crippen molar-refractivity contribution in [3.63, 3.8) is 0 Å². The zero-order valence-corrected chi connectivity index (χ0v) is 18.2. The van der Waals surface area contributed by atoms with Gasteiger partial charge in [-0.05, 0) is 43.9 Å². The van der Waals surface area contributed by atoms with Crippen LogP contribution in [0.25, 0.3) is 0 Å². The number of ether oxygens (including phenoxy) is 2. The Morgan fingerprint density at radius 3 is 2.03 bits per heavy atom. The largest absolute Gasteiger partial charge is 0.459 e. The Kier molecular flexibility index (Phi) is 8.02. The molecule has 4 atom stereocenters. The summed E-state index contributed by atoms with van der Waals surface area (Å²) < 4.78 is 144. The number of carbonyl (C=O) groups excluding carboxylic acids is 1. The number of halogens is 8. The van der Waals surface area contributed by atoms with Gasteiger partial charge in [0.05, 0.1) is 12.2 Å². The van der Waals surface area contributed by atoms with Gasteiger partial charge in [-0.2, -0.15) is 43.5 Å². The van der Waals surface area contributed by atoms with E-state index in [9.17, 15) is 53.4 Å². The number of alkyl halides is 8. The number of hydrogen-bond donors (Lipinski definition) is 2. The van der Waals surface area contributed by atoms with Crippen LogP contribution < -0.4 is 0 Å². The van der Waals surface area contributed by atoms with Crippen LogP contribution >= 0.6 is 0 Å². The Balaban J connectivity index is 1.95. The average Bonchev–Trinajstić information content (AvgIpc) is 3.06. The zero-order chi connectivity index (χ0) is 26.3. The van der Waals surface area contributed by atoms with E-state index in [1.807, 2.05) is 0 Å². The lowest BCUT2D eigenvalue weighted by molar-refractivity contribution is -0.388. The van der Waals surface area contributed by atoms with E-state index in [1.54, 1.807) is 0 Å². The number of fused-ring (bicyclic) bond motifs is 1. The summed E-state index contributed by atoms with van der Waals surface area (Å²) in [6, 6.07) is 0. The van der Waals surface area contributed by atoms with E-state index in [2.05, 4.69) is 11.3 Å². The minimum absolute atomic E-state index is 0.110. The van der Waals surface area contributed by atoms with Crippen molar-refractivity contribution in [2.45, 2.75) is 61.4 Å². The van der Waals surface area contributed by atoms with Gasteiger partial charge >= 0.3 is 33.7 Å². The molecule has 4 unspecified atom stereocenters. The lowest BCUT2D eigenvalue weighted by Crippen LogP contribution is -2.62. The summed E-state index contributed by atoms with van der Waals surface area (Å²) in [6.45, 7) is 0.567. The molecule has 0 saturated heterocycles. The van der Waals surface area contributed by atoms with Crippen LogP contribution in [-0.2, 0) is 24.4 Å². The summed E-state index contributed by atoms with van der Waals surface area (Å²) in [6.07, 6.45) is -13.9. The van der Waals surface area contributed by atoms with Crippen molar-refractivity contribution in [3.05, 3.63) is 12.2 Å². The highest BCUT2D eigenvalue weighted by atomic mass is 32.2. The highest BCUT2D eigenvalue weighted by molar-refractivity contribution is 7.86. The van der Waals surface area contributed by atoms with Crippen LogP contribution in [0.4, 0.5) is 35.1 Å². The molecule has 2 aliphatic rings. The highest BCUT2D eigenvalue weighted by Gasteiger charge is 2.74. The van der Waals surface area contributed by atoms with Crippen LogP contribution in [0.3, 0.4) is 0 Å². The van der Waals surface area contributed by atoms with Crippen LogP contribution in [0.15, 0.2) is 12.2 Å². The summed E-state index contributed by atoms with van der Waals surface area (Å²) in [5, 5.41) is 5.00. The van der Waals surface area contributed by atoms with Gasteiger partial charge in [-0.25, -0.2) is 4.79 Å². The van der Waals surface area contributed by atoms with Gasteiger partial charge in [0.1, 0.15) is 12.7 Å². The smallest absolute Gasteiger partial charge is 0.426 e. The molecule has 7 nitrogen and oxygen atoms in total. The fraction of sp³-hybridized carbons (Fsp3) is 0.833. The number of carbonyl (C=O) groups is 1. The fourth-order valence-corrected chi connectivity index (χ4v) is 4.73. The van der Waals surface area contributed by atoms with Gasteiger partial charge in [-0.1, -0.05) is 6.58 Å². The van der Waals surface area contributed by atoms with Gasteiger partial charge in [-0.15, -0.1) is 0 Å². The van der Waals surface area contributed by atoms with E-state index in [0.29, 0.717) is 0 Å². The molecule has 198 valence electrons. The first-order valence-electron chi connectivity index (χ1n) is 9.89. The molecule has 0 amide bonds. The highest BCUT2D eigenvalue weighted by Crippen LogP contribution is 2.55. The molecular formula is C18H22F8O7S. The quantitative estimate of drug-likeness (QED) is 0.212. The predicted octanol–water partition coefficient (Wildman–Crippen LogP) is 3.63. The molecule has 0 aliphatic heterocycles. The Labute approximate surface area is 188 Å². The van der Waals surface area contributed by atoms with Gasteiger partial charge in [0, 0.05) is 5.92 Å². The maximum atomic E-state index is 13.2. The molecule has 0 aromatic carbocycles. The summed E-state index contributed by atoms with van der Waals surface area (Å²) >= 11 is 0. The van der Waals surface area contributed by atoms with E-state index >= 15 is 0 Å². The van der Waals surface area contributed by atoms with Crippen molar-refractivity contribution in [2.75, 3.05) is 13.2 Å². The van der Waals surface area contributed by atoms with E-state index < -0.39 is 94.8 Å². The summed E-state index contributed by atoms with van der Waals surface area (Å²) in [5.41, 5.74) is -5.37. The fourth-order valence-electron chi connectivity index (χ4n) is 4.50. The SMILES string of the molecule is C=C(COCC(F)(F)S(=O)(=O)O)C(=O)OC1CCC2CC(C(O)(C(F)(F)F)C(F)(F)F)CCC21. The molecule has 0 aromatic heterocycles. The molecule has 2 rings (SSSR count). The molecule has 2 aliphatic carbocycles. The Hall–Kier alpha value is -1.52. The number of esters is 1. The maximum absolute atomic E-state index is 13.2. The minimum atomic E-state index is -5.93.